The Kier molecular flexibility index (Phi) is 5.51. The molecule has 2 fully saturated rings. The molecule has 0 aromatic heterocycles. The molecule has 2 unspecified atom stereocenters. The average Bonchev–Trinajstić information content (AvgIpc) is 3.06. The van der Waals surface area contributed by atoms with Crippen LogP contribution >= 0.6 is 0 Å². The fourth-order valence-corrected chi connectivity index (χ4v) is 3.87. The molecule has 0 bridgehead atoms. The summed E-state index contributed by atoms with van der Waals surface area (Å²) in [6, 6.07) is 10.4. The van der Waals surface area contributed by atoms with Gasteiger partial charge in [0.15, 0.2) is 0 Å². The predicted molar refractivity (Wildman–Crippen MR) is 93.3 cm³/mol. The van der Waals surface area contributed by atoms with Crippen molar-refractivity contribution in [1.82, 2.24) is 15.1 Å². The Morgan fingerprint density at radius 3 is 2.62 bits per heavy atom. The molecule has 0 radical (unpaired) electrons. The summed E-state index contributed by atoms with van der Waals surface area (Å²) < 4.78 is 0. The Morgan fingerprint density at radius 2 is 1.88 bits per heavy atom. The van der Waals surface area contributed by atoms with Crippen LogP contribution in [-0.4, -0.2) is 53.3 Å². The molecule has 2 amide bonds. The highest BCUT2D eigenvalue weighted by Gasteiger charge is 2.33. The molecule has 130 valence electrons. The number of amides is 2. The molecule has 3 rings (SSSR count). The molecule has 2 aliphatic heterocycles. The fourth-order valence-electron chi connectivity index (χ4n) is 3.87. The Bertz CT molecular complexity index is 575. The van der Waals surface area contributed by atoms with E-state index < -0.39 is 0 Å². The molecule has 1 aromatic carbocycles. The van der Waals surface area contributed by atoms with Crippen LogP contribution in [-0.2, 0) is 16.1 Å². The number of nitrogens with one attached hydrogen (secondary N) is 1. The zero-order chi connectivity index (χ0) is 16.9. The van der Waals surface area contributed by atoms with Crippen molar-refractivity contribution in [3.8, 4) is 0 Å². The lowest BCUT2D eigenvalue weighted by atomic mass is 10.0. The normalized spacial score (nSPS) is 24.8. The first kappa shape index (κ1) is 17.0. The number of benzene rings is 1. The van der Waals surface area contributed by atoms with Gasteiger partial charge in [-0.25, -0.2) is 0 Å². The van der Waals surface area contributed by atoms with Crippen molar-refractivity contribution in [1.29, 1.82) is 0 Å². The van der Waals surface area contributed by atoms with Gasteiger partial charge in [0.2, 0.25) is 11.8 Å². The third-order valence-electron chi connectivity index (χ3n) is 5.06. The van der Waals surface area contributed by atoms with Gasteiger partial charge < -0.3 is 10.2 Å². The second kappa shape index (κ2) is 7.79. The molecule has 0 saturated carbocycles. The lowest BCUT2D eigenvalue weighted by Crippen LogP contribution is -2.52. The van der Waals surface area contributed by atoms with Gasteiger partial charge in [0.25, 0.3) is 0 Å². The van der Waals surface area contributed by atoms with Gasteiger partial charge >= 0.3 is 0 Å². The van der Waals surface area contributed by atoms with E-state index in [2.05, 4.69) is 34.5 Å². The van der Waals surface area contributed by atoms with Crippen molar-refractivity contribution >= 4 is 11.8 Å². The quantitative estimate of drug-likeness (QED) is 0.916. The van der Waals surface area contributed by atoms with Gasteiger partial charge in [-0.3, -0.25) is 14.5 Å². The van der Waals surface area contributed by atoms with Crippen LogP contribution in [0.5, 0.6) is 0 Å². The Balaban J connectivity index is 1.53. The first-order valence-electron chi connectivity index (χ1n) is 8.97. The Hall–Kier alpha value is -1.88. The number of carbonyl (C=O) groups is 2. The third kappa shape index (κ3) is 4.15. The van der Waals surface area contributed by atoms with Gasteiger partial charge in [-0.05, 0) is 37.8 Å². The van der Waals surface area contributed by atoms with E-state index in [0.29, 0.717) is 6.54 Å². The highest BCUT2D eigenvalue weighted by molar-refractivity contribution is 5.87. The van der Waals surface area contributed by atoms with Crippen molar-refractivity contribution in [2.45, 2.75) is 51.2 Å². The van der Waals surface area contributed by atoms with E-state index in [1.54, 1.807) is 11.8 Å². The summed E-state index contributed by atoms with van der Waals surface area (Å²) in [5, 5.41) is 3.19. The molecule has 1 aromatic rings. The molecule has 0 spiro atoms. The first-order valence-corrected chi connectivity index (χ1v) is 8.97. The zero-order valence-electron chi connectivity index (χ0n) is 14.4. The number of carbonyl (C=O) groups excluding carboxylic acids is 2. The summed E-state index contributed by atoms with van der Waals surface area (Å²) in [7, 11) is 0. The van der Waals surface area contributed by atoms with E-state index >= 15 is 0 Å². The van der Waals surface area contributed by atoms with Crippen LogP contribution in [0.3, 0.4) is 0 Å². The molecule has 2 saturated heterocycles. The summed E-state index contributed by atoms with van der Waals surface area (Å²) >= 11 is 0. The van der Waals surface area contributed by atoms with Crippen molar-refractivity contribution in [2.75, 3.05) is 19.6 Å². The van der Waals surface area contributed by atoms with E-state index in [1.165, 1.54) is 5.56 Å². The van der Waals surface area contributed by atoms with E-state index in [4.69, 9.17) is 0 Å². The molecule has 5 heteroatoms. The van der Waals surface area contributed by atoms with Crippen molar-refractivity contribution in [3.05, 3.63) is 35.9 Å². The van der Waals surface area contributed by atoms with E-state index in [0.717, 1.165) is 45.3 Å². The highest BCUT2D eigenvalue weighted by atomic mass is 16.2. The molecular formula is C19H27N3O2. The van der Waals surface area contributed by atoms with Crippen LogP contribution in [0.15, 0.2) is 30.3 Å². The van der Waals surface area contributed by atoms with Crippen molar-refractivity contribution in [3.63, 3.8) is 0 Å². The maximum absolute atomic E-state index is 12.6. The molecule has 2 aliphatic rings. The summed E-state index contributed by atoms with van der Waals surface area (Å²) in [6.07, 6.45) is 3.82. The van der Waals surface area contributed by atoms with Crippen LogP contribution in [0.1, 0.15) is 38.2 Å². The number of nitrogens with zero attached hydrogens (tertiary/aromatic N) is 2. The topological polar surface area (TPSA) is 52.7 Å². The van der Waals surface area contributed by atoms with Crippen LogP contribution in [0, 0.1) is 0 Å². The largest absolute Gasteiger partial charge is 0.350 e. The number of piperidine rings is 1. The van der Waals surface area contributed by atoms with E-state index in [9.17, 15) is 9.59 Å². The van der Waals surface area contributed by atoms with Crippen molar-refractivity contribution in [2.24, 2.45) is 0 Å². The standard InChI is InChI=1S/C19H27N3O2/c1-15(23)22-12-6-10-18(22)19(24)20-17-9-5-11-21(14-17)13-16-7-3-2-4-8-16/h2-4,7-8,17-18H,5-6,9-14H2,1H3,(H,20,24). The van der Waals surface area contributed by atoms with E-state index in [1.807, 2.05) is 6.07 Å². The second-order valence-corrected chi connectivity index (χ2v) is 6.94. The minimum absolute atomic E-state index is 0.00185. The number of likely N-dealkylation sites (tertiary alicyclic amines) is 2. The Morgan fingerprint density at radius 1 is 1.12 bits per heavy atom. The molecule has 1 N–H and O–H groups in total. The summed E-state index contributed by atoms with van der Waals surface area (Å²) in [5.74, 6) is 0.0243. The highest BCUT2D eigenvalue weighted by Crippen LogP contribution is 2.19. The number of hydrogen-bond acceptors (Lipinski definition) is 3. The van der Waals surface area contributed by atoms with Crippen LogP contribution in [0.25, 0.3) is 0 Å². The summed E-state index contributed by atoms with van der Waals surface area (Å²) in [5.41, 5.74) is 1.31. The molecule has 2 atom stereocenters. The van der Waals surface area contributed by atoms with Gasteiger partial charge in [0.1, 0.15) is 6.04 Å². The zero-order valence-corrected chi connectivity index (χ0v) is 14.4. The van der Waals surface area contributed by atoms with Gasteiger partial charge in [-0.2, -0.15) is 0 Å². The summed E-state index contributed by atoms with van der Waals surface area (Å²) in [4.78, 5) is 28.3. The average molecular weight is 329 g/mol. The predicted octanol–water partition coefficient (Wildman–Crippen LogP) is 1.78. The third-order valence-corrected chi connectivity index (χ3v) is 5.06. The van der Waals surface area contributed by atoms with Gasteiger partial charge in [0, 0.05) is 32.6 Å². The van der Waals surface area contributed by atoms with Gasteiger partial charge in [0.05, 0.1) is 0 Å². The van der Waals surface area contributed by atoms with Crippen LogP contribution in [0.4, 0.5) is 0 Å². The fraction of sp³-hybridized carbons (Fsp3) is 0.579. The number of hydrogen-bond donors (Lipinski definition) is 1. The second-order valence-electron chi connectivity index (χ2n) is 6.94. The summed E-state index contributed by atoms with van der Waals surface area (Å²) in [6.45, 7) is 5.14. The maximum atomic E-state index is 12.6. The lowest BCUT2D eigenvalue weighted by Gasteiger charge is -2.34. The van der Waals surface area contributed by atoms with Gasteiger partial charge in [-0.15, -0.1) is 0 Å². The Labute approximate surface area is 144 Å². The van der Waals surface area contributed by atoms with Crippen LogP contribution in [0.2, 0.25) is 0 Å². The lowest BCUT2D eigenvalue weighted by molar-refractivity contribution is -0.137. The molecule has 2 heterocycles. The minimum atomic E-state index is -0.271. The smallest absolute Gasteiger partial charge is 0.243 e. The minimum Gasteiger partial charge on any atom is -0.350 e. The van der Waals surface area contributed by atoms with Crippen molar-refractivity contribution < 1.29 is 9.59 Å². The molecule has 24 heavy (non-hydrogen) atoms. The maximum Gasteiger partial charge on any atom is 0.243 e. The van der Waals surface area contributed by atoms with Gasteiger partial charge in [-0.1, -0.05) is 30.3 Å². The molecule has 5 nitrogen and oxygen atoms in total. The molecule has 0 aliphatic carbocycles. The monoisotopic (exact) mass is 329 g/mol. The van der Waals surface area contributed by atoms with Crippen LogP contribution < -0.4 is 5.32 Å². The van der Waals surface area contributed by atoms with E-state index in [-0.39, 0.29) is 23.9 Å². The first-order chi connectivity index (χ1) is 11.6. The number of rotatable bonds is 4. The SMILES string of the molecule is CC(=O)N1CCCC1C(=O)NC1CCCN(Cc2ccccc2)C1. The molecular weight excluding hydrogens is 302 g/mol.